The molecule has 0 aliphatic rings. The van der Waals surface area contributed by atoms with Gasteiger partial charge in [-0.25, -0.2) is 9.97 Å². The lowest BCUT2D eigenvalue weighted by molar-refractivity contribution is 0.876. The molecule has 0 aliphatic carbocycles. The van der Waals surface area contributed by atoms with Crippen molar-refractivity contribution in [3.63, 3.8) is 0 Å². The predicted molar refractivity (Wildman–Crippen MR) is 131 cm³/mol. The summed E-state index contributed by atoms with van der Waals surface area (Å²) in [6.07, 6.45) is 1.71. The summed E-state index contributed by atoms with van der Waals surface area (Å²) in [6, 6.07) is 26.1. The van der Waals surface area contributed by atoms with Crippen molar-refractivity contribution in [2.45, 2.75) is 19.8 Å². The van der Waals surface area contributed by atoms with E-state index in [9.17, 15) is 0 Å². The predicted octanol–water partition coefficient (Wildman–Crippen LogP) is 7.22. The fourth-order valence-corrected chi connectivity index (χ4v) is 5.04. The second-order valence-corrected chi connectivity index (χ2v) is 8.56. The summed E-state index contributed by atoms with van der Waals surface area (Å²) >= 11 is 0. The highest BCUT2D eigenvalue weighted by Gasteiger charge is 2.19. The maximum absolute atomic E-state index is 4.81. The number of aryl methyl sites for hydroxylation is 1. The van der Waals surface area contributed by atoms with Gasteiger partial charge < -0.3 is 4.57 Å². The van der Waals surface area contributed by atoms with E-state index in [0.717, 1.165) is 22.3 Å². The van der Waals surface area contributed by atoms with E-state index >= 15 is 0 Å². The minimum absolute atomic E-state index is 0.466. The van der Waals surface area contributed by atoms with E-state index in [1.807, 2.05) is 0 Å². The average Bonchev–Trinajstić information content (AvgIpc) is 3.11. The highest BCUT2D eigenvalue weighted by molar-refractivity contribution is 6.19. The van der Waals surface area contributed by atoms with Gasteiger partial charge in [0.05, 0.1) is 16.7 Å². The standard InChI is InChI=1S/C28H23N3/c1-17(2)19-14-15-23(22-11-7-6-10-21(19)22)25-28-26(30-16-29-25)24-13-12-18-8-4-5-9-20(18)27(24)31(28)3/h4-17H,1-3H3. The van der Waals surface area contributed by atoms with Gasteiger partial charge in [-0.3, -0.25) is 0 Å². The van der Waals surface area contributed by atoms with E-state index in [1.54, 1.807) is 6.33 Å². The zero-order valence-corrected chi connectivity index (χ0v) is 17.9. The van der Waals surface area contributed by atoms with Gasteiger partial charge in [0.25, 0.3) is 0 Å². The number of benzene rings is 4. The van der Waals surface area contributed by atoms with Crippen LogP contribution in [-0.4, -0.2) is 14.5 Å². The monoisotopic (exact) mass is 401 g/mol. The van der Waals surface area contributed by atoms with Gasteiger partial charge in [0.2, 0.25) is 0 Å². The Morgan fingerprint density at radius 3 is 2.23 bits per heavy atom. The van der Waals surface area contributed by atoms with Gasteiger partial charge >= 0.3 is 0 Å². The Balaban J connectivity index is 1.76. The zero-order chi connectivity index (χ0) is 21.1. The second-order valence-electron chi connectivity index (χ2n) is 8.56. The third-order valence-corrected chi connectivity index (χ3v) is 6.48. The van der Waals surface area contributed by atoms with Crippen LogP contribution in [0.3, 0.4) is 0 Å². The van der Waals surface area contributed by atoms with E-state index in [-0.39, 0.29) is 0 Å². The van der Waals surface area contributed by atoms with E-state index in [0.29, 0.717) is 5.92 Å². The Morgan fingerprint density at radius 2 is 1.42 bits per heavy atom. The molecule has 0 atom stereocenters. The van der Waals surface area contributed by atoms with Crippen LogP contribution >= 0.6 is 0 Å². The molecular formula is C28H23N3. The molecule has 0 unspecified atom stereocenters. The maximum Gasteiger partial charge on any atom is 0.116 e. The molecule has 0 bridgehead atoms. The van der Waals surface area contributed by atoms with Crippen molar-refractivity contribution in [2.75, 3.05) is 0 Å². The van der Waals surface area contributed by atoms with Gasteiger partial charge in [0.15, 0.2) is 0 Å². The Morgan fingerprint density at radius 1 is 0.677 bits per heavy atom. The summed E-state index contributed by atoms with van der Waals surface area (Å²) in [6.45, 7) is 4.50. The van der Waals surface area contributed by atoms with E-state index in [2.05, 4.69) is 98.3 Å². The molecule has 6 rings (SSSR count). The van der Waals surface area contributed by atoms with Crippen LogP contribution in [0.25, 0.3) is 54.7 Å². The minimum atomic E-state index is 0.466. The number of hydrogen-bond acceptors (Lipinski definition) is 2. The summed E-state index contributed by atoms with van der Waals surface area (Å²) in [5.41, 5.74) is 6.80. The van der Waals surface area contributed by atoms with Gasteiger partial charge in [-0.15, -0.1) is 0 Å². The molecule has 0 radical (unpaired) electrons. The third-order valence-electron chi connectivity index (χ3n) is 6.48. The molecule has 2 heterocycles. The molecular weight excluding hydrogens is 378 g/mol. The van der Waals surface area contributed by atoms with Crippen molar-refractivity contribution in [2.24, 2.45) is 7.05 Å². The van der Waals surface area contributed by atoms with Crippen LogP contribution in [0.2, 0.25) is 0 Å². The van der Waals surface area contributed by atoms with Gasteiger partial charge in [-0.2, -0.15) is 0 Å². The topological polar surface area (TPSA) is 30.7 Å². The van der Waals surface area contributed by atoms with Gasteiger partial charge in [-0.1, -0.05) is 80.6 Å². The molecule has 4 aromatic carbocycles. The van der Waals surface area contributed by atoms with Crippen molar-refractivity contribution in [3.8, 4) is 11.3 Å². The number of fused-ring (bicyclic) bond motifs is 6. The first kappa shape index (κ1) is 18.1. The molecule has 0 aliphatic heterocycles. The lowest BCUT2D eigenvalue weighted by Gasteiger charge is -2.14. The van der Waals surface area contributed by atoms with Crippen LogP contribution in [0.5, 0.6) is 0 Å². The van der Waals surface area contributed by atoms with Crippen LogP contribution in [-0.2, 0) is 7.05 Å². The molecule has 0 saturated carbocycles. The summed E-state index contributed by atoms with van der Waals surface area (Å²) in [4.78, 5) is 9.52. The number of hydrogen-bond donors (Lipinski definition) is 0. The number of aromatic nitrogens is 3. The van der Waals surface area contributed by atoms with Crippen molar-refractivity contribution in [1.82, 2.24) is 14.5 Å². The minimum Gasteiger partial charge on any atom is -0.340 e. The van der Waals surface area contributed by atoms with Crippen molar-refractivity contribution in [3.05, 3.63) is 84.7 Å². The summed E-state index contributed by atoms with van der Waals surface area (Å²) < 4.78 is 2.27. The molecule has 150 valence electrons. The lowest BCUT2D eigenvalue weighted by atomic mass is 9.92. The molecule has 0 saturated heterocycles. The Bertz CT molecular complexity index is 1620. The molecule has 2 aromatic heterocycles. The Hall–Kier alpha value is -3.72. The van der Waals surface area contributed by atoms with E-state index < -0.39 is 0 Å². The smallest absolute Gasteiger partial charge is 0.116 e. The molecule has 3 heteroatoms. The van der Waals surface area contributed by atoms with E-state index in [1.165, 1.54) is 38.0 Å². The lowest BCUT2D eigenvalue weighted by Crippen LogP contribution is -1.96. The fraction of sp³-hybridized carbons (Fsp3) is 0.143. The normalized spacial score (nSPS) is 12.0. The molecule has 0 amide bonds. The van der Waals surface area contributed by atoms with Crippen molar-refractivity contribution < 1.29 is 0 Å². The Kier molecular flexibility index (Phi) is 3.87. The van der Waals surface area contributed by atoms with E-state index in [4.69, 9.17) is 9.97 Å². The summed E-state index contributed by atoms with van der Waals surface area (Å²) in [5.74, 6) is 0.466. The van der Waals surface area contributed by atoms with Gasteiger partial charge in [-0.05, 0) is 33.7 Å². The highest BCUT2D eigenvalue weighted by Crippen LogP contribution is 2.39. The summed E-state index contributed by atoms with van der Waals surface area (Å²) in [7, 11) is 2.13. The largest absolute Gasteiger partial charge is 0.340 e. The highest BCUT2D eigenvalue weighted by atomic mass is 15.0. The van der Waals surface area contributed by atoms with Crippen LogP contribution in [0.15, 0.2) is 79.1 Å². The summed E-state index contributed by atoms with van der Waals surface area (Å²) in [5, 5.41) is 6.19. The molecule has 6 aromatic rings. The van der Waals surface area contributed by atoms with Crippen LogP contribution in [0.4, 0.5) is 0 Å². The first-order chi connectivity index (χ1) is 15.1. The van der Waals surface area contributed by atoms with Crippen molar-refractivity contribution in [1.29, 1.82) is 0 Å². The SMILES string of the molecule is CC(C)c1ccc(-c2ncnc3c4ccc5ccccc5c4n(C)c23)c2ccccc12. The Labute approximate surface area is 181 Å². The van der Waals surface area contributed by atoms with Gasteiger partial charge in [0.1, 0.15) is 11.8 Å². The molecule has 31 heavy (non-hydrogen) atoms. The average molecular weight is 402 g/mol. The second kappa shape index (κ2) is 6.64. The number of rotatable bonds is 2. The zero-order valence-electron chi connectivity index (χ0n) is 17.9. The molecule has 0 spiro atoms. The molecule has 0 N–H and O–H groups in total. The quantitative estimate of drug-likeness (QED) is 0.307. The van der Waals surface area contributed by atoms with Crippen LogP contribution < -0.4 is 0 Å². The van der Waals surface area contributed by atoms with Crippen molar-refractivity contribution >= 4 is 43.5 Å². The molecule has 3 nitrogen and oxygen atoms in total. The van der Waals surface area contributed by atoms with Gasteiger partial charge in [0, 0.05) is 23.4 Å². The first-order valence-electron chi connectivity index (χ1n) is 10.8. The van der Waals surface area contributed by atoms with Crippen LogP contribution in [0, 0.1) is 0 Å². The third kappa shape index (κ3) is 2.53. The maximum atomic E-state index is 4.81. The van der Waals surface area contributed by atoms with Crippen LogP contribution in [0.1, 0.15) is 25.3 Å². The fourth-order valence-electron chi connectivity index (χ4n) is 5.04. The number of nitrogens with zero attached hydrogens (tertiary/aromatic N) is 3. The molecule has 0 fully saturated rings. The first-order valence-corrected chi connectivity index (χ1v) is 10.8.